The first-order valence-corrected chi connectivity index (χ1v) is 18.7. The summed E-state index contributed by atoms with van der Waals surface area (Å²) in [5.41, 5.74) is 17.2. The molecule has 10 heteroatoms. The normalized spacial score (nSPS) is 11.6. The van der Waals surface area contributed by atoms with E-state index in [-0.39, 0.29) is 0 Å². The van der Waals surface area contributed by atoms with E-state index in [9.17, 15) is 0 Å². The zero-order valence-corrected chi connectivity index (χ0v) is 31.4. The summed E-state index contributed by atoms with van der Waals surface area (Å²) < 4.78 is 12.9. The molecule has 55 heavy (non-hydrogen) atoms. The minimum Gasteiger partial charge on any atom is -0.456 e. The van der Waals surface area contributed by atoms with Crippen molar-refractivity contribution >= 4 is 110 Å². The van der Waals surface area contributed by atoms with Crippen molar-refractivity contribution < 1.29 is 8.83 Å². The summed E-state index contributed by atoms with van der Waals surface area (Å²) in [4.78, 5) is 15.2. The van der Waals surface area contributed by atoms with Crippen molar-refractivity contribution in [2.45, 2.75) is 0 Å². The average molecular weight is 701 g/mol. The van der Waals surface area contributed by atoms with Gasteiger partial charge in [0.05, 0.1) is 0 Å². The van der Waals surface area contributed by atoms with E-state index in [2.05, 4.69) is 118 Å². The predicted octanol–water partition coefficient (Wildman–Crippen LogP) is 3.30. The number of rotatable bonds is 5. The molecule has 10 aromatic rings. The van der Waals surface area contributed by atoms with Gasteiger partial charge >= 0.3 is 0 Å². The first kappa shape index (κ1) is 33.1. The minimum atomic E-state index is 0.586. The number of hydrogen-bond donors (Lipinski definition) is 0. The van der Waals surface area contributed by atoms with Gasteiger partial charge in [0.25, 0.3) is 0 Å². The molecule has 3 aromatic heterocycles. The first-order chi connectivity index (χ1) is 26.8. The Bertz CT molecular complexity index is 3150. The third kappa shape index (κ3) is 5.43. The SMILES string of the molecule is Bc1c(B)c(B)c(-c2cccc(-c3nc(-c4ccccc4)nc(-c4ccc5c(c4)oc4ccc(-c6cccc7c6oc6ccccc67)cc45)n3)c2)c(B)c1B. The van der Waals surface area contributed by atoms with Crippen LogP contribution in [0.3, 0.4) is 0 Å². The molecule has 0 N–H and O–H groups in total. The van der Waals surface area contributed by atoms with E-state index in [4.69, 9.17) is 23.8 Å². The summed E-state index contributed by atoms with van der Waals surface area (Å²) in [5, 5.41) is 4.29. The highest BCUT2D eigenvalue weighted by atomic mass is 16.3. The summed E-state index contributed by atoms with van der Waals surface area (Å²) in [5.74, 6) is 1.83. The monoisotopic (exact) mass is 701 g/mol. The first-order valence-electron chi connectivity index (χ1n) is 18.7. The van der Waals surface area contributed by atoms with Crippen molar-refractivity contribution in [3.63, 3.8) is 0 Å². The fraction of sp³-hybridized carbons (Fsp3) is 0. The van der Waals surface area contributed by atoms with Crippen molar-refractivity contribution in [3.8, 4) is 56.4 Å². The van der Waals surface area contributed by atoms with Gasteiger partial charge in [0.1, 0.15) is 61.6 Å². The van der Waals surface area contributed by atoms with Crippen LogP contribution in [0.25, 0.3) is 100 Å². The molecule has 0 radical (unpaired) electrons. The molecule has 0 unspecified atom stereocenters. The van der Waals surface area contributed by atoms with Crippen molar-refractivity contribution in [1.29, 1.82) is 0 Å². The van der Waals surface area contributed by atoms with Crippen LogP contribution < -0.4 is 27.3 Å². The molecule has 5 nitrogen and oxygen atoms in total. The van der Waals surface area contributed by atoms with Gasteiger partial charge in [0.15, 0.2) is 17.5 Å². The summed E-state index contributed by atoms with van der Waals surface area (Å²) in [6, 6.07) is 45.8. The van der Waals surface area contributed by atoms with Gasteiger partial charge in [-0.15, -0.1) is 16.4 Å². The van der Waals surface area contributed by atoms with Crippen LogP contribution in [0.4, 0.5) is 0 Å². The zero-order valence-electron chi connectivity index (χ0n) is 31.4. The maximum absolute atomic E-state index is 6.49. The van der Waals surface area contributed by atoms with E-state index < -0.39 is 0 Å². The number of para-hydroxylation sites is 2. The van der Waals surface area contributed by atoms with Crippen LogP contribution in [0.15, 0.2) is 142 Å². The largest absolute Gasteiger partial charge is 0.456 e. The van der Waals surface area contributed by atoms with Gasteiger partial charge in [-0.1, -0.05) is 108 Å². The summed E-state index contributed by atoms with van der Waals surface area (Å²) in [7, 11) is 11.1. The maximum Gasteiger partial charge on any atom is 0.164 e. The third-order valence-corrected chi connectivity index (χ3v) is 11.5. The Hall–Kier alpha value is -6.53. The molecular weight excluding hydrogens is 669 g/mol. The number of benzene rings is 7. The van der Waals surface area contributed by atoms with Crippen LogP contribution in [0.1, 0.15) is 0 Å². The molecule has 0 aliphatic carbocycles. The lowest BCUT2D eigenvalue weighted by atomic mass is 9.59. The summed E-state index contributed by atoms with van der Waals surface area (Å²) in [6.07, 6.45) is 0. The van der Waals surface area contributed by atoms with Crippen LogP contribution in [-0.4, -0.2) is 54.2 Å². The standard InChI is InChI=1S/C45H32B5N3O2/c46-37-36(38(47)40(49)41(50)39(37)48)25-10-6-11-26(20-25)44-51-43(23-8-2-1-3-9-23)52-45(53-44)27-16-18-30-32-21-24(17-19-34(32)54-35(30)22-27)28-13-7-14-31-29-12-4-5-15-33(29)55-42(28)31/h1-22H,46-50H2. The quantitative estimate of drug-likeness (QED) is 0.258. The Morgan fingerprint density at radius 3 is 1.69 bits per heavy atom. The second kappa shape index (κ2) is 12.8. The molecule has 254 valence electrons. The number of nitrogens with zero attached hydrogens (tertiary/aromatic N) is 3. The van der Waals surface area contributed by atoms with Gasteiger partial charge in [-0.3, -0.25) is 0 Å². The molecule has 0 saturated heterocycles. The fourth-order valence-electron chi connectivity index (χ4n) is 8.16. The van der Waals surface area contributed by atoms with E-state index in [0.29, 0.717) is 17.5 Å². The highest BCUT2D eigenvalue weighted by Gasteiger charge is 2.18. The van der Waals surface area contributed by atoms with E-state index in [1.165, 1.54) is 32.9 Å². The summed E-state index contributed by atoms with van der Waals surface area (Å²) >= 11 is 0. The van der Waals surface area contributed by atoms with Crippen molar-refractivity contribution in [2.24, 2.45) is 0 Å². The lowest BCUT2D eigenvalue weighted by Crippen LogP contribution is -2.55. The molecule has 0 aliphatic heterocycles. The maximum atomic E-state index is 6.49. The van der Waals surface area contributed by atoms with Crippen LogP contribution in [0.2, 0.25) is 0 Å². The Labute approximate surface area is 322 Å². The van der Waals surface area contributed by atoms with Crippen LogP contribution in [0, 0.1) is 0 Å². The van der Waals surface area contributed by atoms with E-state index >= 15 is 0 Å². The molecule has 0 bridgehead atoms. The molecule has 0 amide bonds. The summed E-state index contributed by atoms with van der Waals surface area (Å²) in [6.45, 7) is 0. The lowest BCUT2D eigenvalue weighted by molar-refractivity contribution is 0.668. The van der Waals surface area contributed by atoms with Crippen LogP contribution >= 0.6 is 0 Å². The molecule has 10 rings (SSSR count). The van der Waals surface area contributed by atoms with Crippen molar-refractivity contribution in [1.82, 2.24) is 15.0 Å². The van der Waals surface area contributed by atoms with Crippen LogP contribution in [-0.2, 0) is 0 Å². The highest BCUT2D eigenvalue weighted by molar-refractivity contribution is 6.68. The minimum absolute atomic E-state index is 0.586. The Morgan fingerprint density at radius 1 is 0.345 bits per heavy atom. The average Bonchev–Trinajstić information content (AvgIpc) is 3.80. The number of aromatic nitrogens is 3. The Kier molecular flexibility index (Phi) is 7.70. The molecule has 0 atom stereocenters. The van der Waals surface area contributed by atoms with Gasteiger partial charge in [-0.2, -0.15) is 0 Å². The fourth-order valence-corrected chi connectivity index (χ4v) is 8.16. The molecule has 0 saturated carbocycles. The second-order valence-electron chi connectivity index (χ2n) is 14.6. The number of fused-ring (bicyclic) bond motifs is 6. The Morgan fingerprint density at radius 2 is 0.909 bits per heavy atom. The van der Waals surface area contributed by atoms with E-state index in [0.717, 1.165) is 77.3 Å². The zero-order chi connectivity index (χ0) is 37.4. The number of hydrogen-bond acceptors (Lipinski definition) is 5. The van der Waals surface area contributed by atoms with Crippen LogP contribution in [0.5, 0.6) is 0 Å². The molecule has 0 spiro atoms. The predicted molar refractivity (Wildman–Crippen MR) is 242 cm³/mol. The van der Waals surface area contributed by atoms with E-state index in [1.807, 2.05) is 54.6 Å². The highest BCUT2D eigenvalue weighted by Crippen LogP contribution is 2.39. The van der Waals surface area contributed by atoms with Gasteiger partial charge in [0, 0.05) is 43.8 Å². The Balaban J connectivity index is 1.09. The number of furan rings is 2. The van der Waals surface area contributed by atoms with Gasteiger partial charge in [-0.05, 0) is 53.1 Å². The van der Waals surface area contributed by atoms with Gasteiger partial charge < -0.3 is 8.83 Å². The topological polar surface area (TPSA) is 65.0 Å². The smallest absolute Gasteiger partial charge is 0.164 e. The third-order valence-electron chi connectivity index (χ3n) is 11.5. The molecule has 3 heterocycles. The second-order valence-corrected chi connectivity index (χ2v) is 14.6. The molecular formula is C45H32B5N3O2. The molecule has 0 fully saturated rings. The van der Waals surface area contributed by atoms with Crippen molar-refractivity contribution in [3.05, 3.63) is 133 Å². The van der Waals surface area contributed by atoms with Crippen molar-refractivity contribution in [2.75, 3.05) is 0 Å². The van der Waals surface area contributed by atoms with Gasteiger partial charge in [0.2, 0.25) is 0 Å². The lowest BCUT2D eigenvalue weighted by Gasteiger charge is -2.20. The van der Waals surface area contributed by atoms with E-state index in [1.54, 1.807) is 0 Å². The van der Waals surface area contributed by atoms with Gasteiger partial charge in [-0.25, -0.2) is 15.0 Å². The molecule has 0 aliphatic rings. The molecule has 7 aromatic carbocycles.